The molecule has 0 unspecified atom stereocenters. The third-order valence-electron chi connectivity index (χ3n) is 1.48. The zero-order chi connectivity index (χ0) is 12.6. The van der Waals surface area contributed by atoms with Crippen molar-refractivity contribution in [3.05, 3.63) is 28.8 Å². The number of ether oxygens (including phenoxy) is 1. The van der Waals surface area contributed by atoms with Crippen molar-refractivity contribution >= 4 is 23.2 Å². The van der Waals surface area contributed by atoms with E-state index in [1.165, 1.54) is 0 Å². The average molecular weight is 281 g/mol. The Hall–Kier alpha value is -0.750. The number of hydrogen-bond donors (Lipinski definition) is 0. The van der Waals surface area contributed by atoms with E-state index in [1.807, 2.05) is 0 Å². The van der Waals surface area contributed by atoms with Gasteiger partial charge in [-0.2, -0.15) is 13.2 Å². The Morgan fingerprint density at radius 3 is 2.06 bits per heavy atom. The predicted molar refractivity (Wildman–Crippen MR) is 47.9 cm³/mol. The van der Waals surface area contributed by atoms with Gasteiger partial charge in [-0.25, -0.2) is 0 Å². The van der Waals surface area contributed by atoms with Gasteiger partial charge in [0.05, 0.1) is 10.6 Å². The quantitative estimate of drug-likeness (QED) is 0.571. The molecule has 0 N–H and O–H groups in total. The maximum absolute atomic E-state index is 12.2. The molecule has 1 nitrogen and oxygen atoms in total. The highest BCUT2D eigenvalue weighted by Gasteiger charge is 2.33. The van der Waals surface area contributed by atoms with Gasteiger partial charge >= 0.3 is 11.7 Å². The van der Waals surface area contributed by atoms with Crippen LogP contribution in [-0.2, 0) is 6.18 Å². The van der Waals surface area contributed by atoms with Gasteiger partial charge in [-0.1, -0.05) is 11.6 Å². The molecule has 0 amide bonds. The SMILES string of the molecule is FC(F)(Cl)Oc1cc(C(F)(F)F)ccc1Cl. The summed E-state index contributed by atoms with van der Waals surface area (Å²) < 4.78 is 64.8. The van der Waals surface area contributed by atoms with Crippen LogP contribution in [0.15, 0.2) is 18.2 Å². The van der Waals surface area contributed by atoms with Gasteiger partial charge in [0.2, 0.25) is 0 Å². The Labute approximate surface area is 96.7 Å². The highest BCUT2D eigenvalue weighted by molar-refractivity contribution is 6.32. The van der Waals surface area contributed by atoms with Gasteiger partial charge in [-0.3, -0.25) is 0 Å². The lowest BCUT2D eigenvalue weighted by Gasteiger charge is -2.14. The summed E-state index contributed by atoms with van der Waals surface area (Å²) in [4.78, 5) is 0. The van der Waals surface area contributed by atoms with E-state index in [4.69, 9.17) is 11.6 Å². The molecule has 0 aromatic heterocycles. The summed E-state index contributed by atoms with van der Waals surface area (Å²) in [6.45, 7) is 0. The fourth-order valence-electron chi connectivity index (χ4n) is 0.883. The molecule has 0 heterocycles. The summed E-state index contributed by atoms with van der Waals surface area (Å²) in [5.41, 5.74) is -5.28. The Balaban J connectivity index is 3.10. The van der Waals surface area contributed by atoms with Gasteiger partial charge in [0.1, 0.15) is 5.75 Å². The summed E-state index contributed by atoms with van der Waals surface area (Å²) >= 11 is 9.78. The van der Waals surface area contributed by atoms with Gasteiger partial charge in [0.15, 0.2) is 0 Å². The maximum Gasteiger partial charge on any atom is 0.487 e. The molecule has 0 atom stereocenters. The van der Waals surface area contributed by atoms with E-state index in [0.717, 1.165) is 6.07 Å². The predicted octanol–water partition coefficient (Wildman–Crippen LogP) is 4.53. The van der Waals surface area contributed by atoms with Crippen molar-refractivity contribution in [1.82, 2.24) is 0 Å². The molecule has 90 valence electrons. The van der Waals surface area contributed by atoms with Crippen molar-refractivity contribution < 1.29 is 26.7 Å². The van der Waals surface area contributed by atoms with Crippen molar-refractivity contribution in [2.45, 2.75) is 11.7 Å². The largest absolute Gasteiger partial charge is 0.487 e. The number of rotatable bonds is 2. The van der Waals surface area contributed by atoms with E-state index in [1.54, 1.807) is 0 Å². The first-order valence-electron chi connectivity index (χ1n) is 3.72. The molecule has 0 aliphatic rings. The molecule has 0 fully saturated rings. The molecular formula is C8H3Cl2F5O. The van der Waals surface area contributed by atoms with E-state index < -0.39 is 28.1 Å². The second-order valence-electron chi connectivity index (χ2n) is 2.69. The Kier molecular flexibility index (Phi) is 3.54. The van der Waals surface area contributed by atoms with Crippen LogP contribution in [0.25, 0.3) is 0 Å². The van der Waals surface area contributed by atoms with Crippen LogP contribution in [0.4, 0.5) is 22.0 Å². The first-order valence-corrected chi connectivity index (χ1v) is 4.48. The van der Waals surface area contributed by atoms with E-state index >= 15 is 0 Å². The Bertz CT molecular complexity index is 385. The molecule has 0 spiro atoms. The van der Waals surface area contributed by atoms with Crippen LogP contribution in [0, 0.1) is 0 Å². The number of benzene rings is 1. The molecule has 0 aliphatic carbocycles. The van der Waals surface area contributed by atoms with Crippen molar-refractivity contribution in [1.29, 1.82) is 0 Å². The van der Waals surface area contributed by atoms with Gasteiger partial charge < -0.3 is 4.74 Å². The summed E-state index contributed by atoms with van der Waals surface area (Å²) in [6.07, 6.45) is -4.68. The first-order chi connectivity index (χ1) is 7.09. The Morgan fingerprint density at radius 2 is 1.62 bits per heavy atom. The van der Waals surface area contributed by atoms with Crippen LogP contribution < -0.4 is 4.74 Å². The van der Waals surface area contributed by atoms with E-state index in [9.17, 15) is 22.0 Å². The van der Waals surface area contributed by atoms with E-state index in [-0.39, 0.29) is 0 Å². The lowest BCUT2D eigenvalue weighted by atomic mass is 10.2. The minimum atomic E-state index is -4.68. The molecule has 0 radical (unpaired) electrons. The minimum Gasteiger partial charge on any atom is -0.418 e. The number of hydrogen-bond acceptors (Lipinski definition) is 1. The van der Waals surface area contributed by atoms with Gasteiger partial charge in [-0.05, 0) is 18.2 Å². The molecule has 0 aliphatic heterocycles. The molecule has 0 saturated carbocycles. The van der Waals surface area contributed by atoms with Crippen LogP contribution in [-0.4, -0.2) is 5.57 Å². The first kappa shape index (κ1) is 13.3. The number of halogens is 7. The normalized spacial score (nSPS) is 12.7. The van der Waals surface area contributed by atoms with Crippen LogP contribution in [0.2, 0.25) is 5.02 Å². The zero-order valence-corrected chi connectivity index (χ0v) is 8.80. The van der Waals surface area contributed by atoms with Gasteiger partial charge in [0, 0.05) is 11.6 Å². The third-order valence-corrected chi connectivity index (χ3v) is 1.87. The van der Waals surface area contributed by atoms with Crippen LogP contribution in [0.3, 0.4) is 0 Å². The van der Waals surface area contributed by atoms with Crippen molar-refractivity contribution in [2.24, 2.45) is 0 Å². The summed E-state index contributed by atoms with van der Waals surface area (Å²) in [5.74, 6) is -0.837. The molecule has 0 saturated heterocycles. The minimum absolute atomic E-state index is 0.346. The molecule has 0 bridgehead atoms. The lowest BCUT2D eigenvalue weighted by molar-refractivity contribution is -0.138. The van der Waals surface area contributed by atoms with Crippen LogP contribution >= 0.6 is 23.2 Å². The topological polar surface area (TPSA) is 9.23 Å². The highest BCUT2D eigenvalue weighted by atomic mass is 35.5. The van der Waals surface area contributed by atoms with Gasteiger partial charge in [0.25, 0.3) is 0 Å². The maximum atomic E-state index is 12.2. The van der Waals surface area contributed by atoms with E-state index in [2.05, 4.69) is 16.3 Å². The molecule has 8 heteroatoms. The standard InChI is InChI=1S/C8H3Cl2F5O/c9-5-2-1-4(7(11,12)13)3-6(5)16-8(10,14)15/h1-3H. The number of alkyl halides is 6. The Morgan fingerprint density at radius 1 is 1.06 bits per heavy atom. The molecule has 1 aromatic carbocycles. The zero-order valence-electron chi connectivity index (χ0n) is 7.29. The monoisotopic (exact) mass is 280 g/mol. The summed E-state index contributed by atoms with van der Waals surface area (Å²) in [7, 11) is 0. The van der Waals surface area contributed by atoms with Crippen LogP contribution in [0.5, 0.6) is 5.75 Å². The fraction of sp³-hybridized carbons (Fsp3) is 0.250. The molecule has 16 heavy (non-hydrogen) atoms. The van der Waals surface area contributed by atoms with Crippen molar-refractivity contribution in [2.75, 3.05) is 0 Å². The van der Waals surface area contributed by atoms with E-state index in [0.29, 0.717) is 12.1 Å². The fourth-order valence-corrected chi connectivity index (χ4v) is 1.12. The lowest BCUT2D eigenvalue weighted by Crippen LogP contribution is -2.16. The second-order valence-corrected chi connectivity index (χ2v) is 3.54. The smallest absolute Gasteiger partial charge is 0.418 e. The van der Waals surface area contributed by atoms with Crippen molar-refractivity contribution in [3.8, 4) is 5.75 Å². The molecule has 1 aromatic rings. The summed E-state index contributed by atoms with van der Waals surface area (Å²) in [5, 5.41) is -0.395. The summed E-state index contributed by atoms with van der Waals surface area (Å²) in [6, 6.07) is 1.78. The third kappa shape index (κ3) is 3.68. The van der Waals surface area contributed by atoms with Crippen LogP contribution in [0.1, 0.15) is 5.56 Å². The molecule has 1 rings (SSSR count). The van der Waals surface area contributed by atoms with Crippen molar-refractivity contribution in [3.63, 3.8) is 0 Å². The highest BCUT2D eigenvalue weighted by Crippen LogP contribution is 2.37. The molecular weight excluding hydrogens is 278 g/mol. The average Bonchev–Trinajstić information content (AvgIpc) is 2.04. The second kappa shape index (κ2) is 4.25. The van der Waals surface area contributed by atoms with Gasteiger partial charge in [-0.15, -0.1) is 8.78 Å².